The van der Waals surface area contributed by atoms with E-state index in [1.54, 1.807) is 25.1 Å². The van der Waals surface area contributed by atoms with Crippen molar-refractivity contribution in [2.24, 2.45) is 5.92 Å². The largest absolute Gasteiger partial charge is 0.342 e. The zero-order valence-electron chi connectivity index (χ0n) is 11.9. The van der Waals surface area contributed by atoms with Crippen LogP contribution in [0.2, 0.25) is 5.02 Å². The van der Waals surface area contributed by atoms with Gasteiger partial charge < -0.3 is 5.32 Å². The molecular formula is C15H19ClN2O2. The molecule has 1 heterocycles. The van der Waals surface area contributed by atoms with Crippen molar-refractivity contribution in [3.63, 3.8) is 0 Å². The summed E-state index contributed by atoms with van der Waals surface area (Å²) >= 11 is 6.16. The first-order valence-corrected chi connectivity index (χ1v) is 7.17. The summed E-state index contributed by atoms with van der Waals surface area (Å²) in [5.41, 5.74) is 0.593. The van der Waals surface area contributed by atoms with Crippen LogP contribution in [-0.4, -0.2) is 23.9 Å². The van der Waals surface area contributed by atoms with Crippen molar-refractivity contribution in [3.05, 3.63) is 29.3 Å². The first-order valence-electron chi connectivity index (χ1n) is 6.79. The second kappa shape index (κ2) is 5.83. The number of amides is 2. The van der Waals surface area contributed by atoms with Crippen LogP contribution >= 0.6 is 11.6 Å². The predicted molar refractivity (Wildman–Crippen MR) is 79.8 cm³/mol. The van der Waals surface area contributed by atoms with Crippen LogP contribution in [0.3, 0.4) is 0 Å². The molecule has 0 saturated carbocycles. The summed E-state index contributed by atoms with van der Waals surface area (Å²) in [6.45, 7) is 5.76. The number of piperazine rings is 1. The zero-order chi connectivity index (χ0) is 14.9. The van der Waals surface area contributed by atoms with Crippen LogP contribution in [0.4, 0.5) is 5.69 Å². The highest BCUT2D eigenvalue weighted by molar-refractivity contribution is 6.34. The van der Waals surface area contributed by atoms with Gasteiger partial charge in [-0.2, -0.15) is 0 Å². The van der Waals surface area contributed by atoms with Crippen molar-refractivity contribution in [2.75, 3.05) is 4.90 Å². The predicted octanol–water partition coefficient (Wildman–Crippen LogP) is 2.61. The lowest BCUT2D eigenvalue weighted by molar-refractivity contribution is -0.133. The van der Waals surface area contributed by atoms with Crippen LogP contribution in [0.5, 0.6) is 0 Å². The van der Waals surface area contributed by atoms with Gasteiger partial charge >= 0.3 is 0 Å². The summed E-state index contributed by atoms with van der Waals surface area (Å²) in [6, 6.07) is 6.07. The van der Waals surface area contributed by atoms with Crippen LogP contribution < -0.4 is 10.2 Å². The fraction of sp³-hybridized carbons (Fsp3) is 0.467. The smallest absolute Gasteiger partial charge is 0.250 e. The maximum atomic E-state index is 12.6. The van der Waals surface area contributed by atoms with Crippen LogP contribution in [0.15, 0.2) is 24.3 Å². The molecule has 5 heteroatoms. The number of hydrogen-bond acceptors (Lipinski definition) is 2. The third-order valence-electron chi connectivity index (χ3n) is 3.44. The molecule has 0 radical (unpaired) electrons. The fourth-order valence-electron chi connectivity index (χ4n) is 2.44. The van der Waals surface area contributed by atoms with Gasteiger partial charge in [0.2, 0.25) is 11.8 Å². The van der Waals surface area contributed by atoms with E-state index in [-0.39, 0.29) is 11.8 Å². The van der Waals surface area contributed by atoms with E-state index in [2.05, 4.69) is 5.32 Å². The van der Waals surface area contributed by atoms with Crippen molar-refractivity contribution in [3.8, 4) is 0 Å². The van der Waals surface area contributed by atoms with E-state index in [0.29, 0.717) is 23.0 Å². The minimum absolute atomic E-state index is 0.0982. The summed E-state index contributed by atoms with van der Waals surface area (Å²) in [5, 5.41) is 3.27. The number of carbonyl (C=O) groups excluding carboxylic acids is 2. The molecule has 1 aliphatic rings. The molecule has 20 heavy (non-hydrogen) atoms. The Balaban J connectivity index is 2.36. The number of nitrogens with one attached hydrogen (secondary N) is 1. The van der Waals surface area contributed by atoms with Crippen LogP contribution in [0.1, 0.15) is 27.2 Å². The highest BCUT2D eigenvalue weighted by Crippen LogP contribution is 2.29. The summed E-state index contributed by atoms with van der Waals surface area (Å²) < 4.78 is 0. The molecule has 1 aromatic rings. The van der Waals surface area contributed by atoms with Crippen molar-refractivity contribution >= 4 is 29.1 Å². The zero-order valence-corrected chi connectivity index (χ0v) is 12.6. The maximum absolute atomic E-state index is 12.6. The molecule has 108 valence electrons. The highest BCUT2D eigenvalue weighted by Gasteiger charge is 2.39. The van der Waals surface area contributed by atoms with Crippen molar-refractivity contribution in [1.82, 2.24) is 5.32 Å². The van der Waals surface area contributed by atoms with Gasteiger partial charge in [0.15, 0.2) is 0 Å². The number of para-hydroxylation sites is 1. The minimum Gasteiger partial charge on any atom is -0.342 e. The van der Waals surface area contributed by atoms with Crippen molar-refractivity contribution in [2.45, 2.75) is 39.3 Å². The highest BCUT2D eigenvalue weighted by atomic mass is 35.5. The van der Waals surface area contributed by atoms with Crippen LogP contribution in [0.25, 0.3) is 0 Å². The number of halogens is 1. The molecular weight excluding hydrogens is 276 g/mol. The Labute approximate surface area is 124 Å². The molecule has 2 unspecified atom stereocenters. The van der Waals surface area contributed by atoms with Gasteiger partial charge in [0, 0.05) is 0 Å². The molecule has 1 aromatic carbocycles. The number of hydrogen-bond donors (Lipinski definition) is 1. The molecule has 1 saturated heterocycles. The van der Waals surface area contributed by atoms with E-state index in [1.165, 1.54) is 4.90 Å². The van der Waals surface area contributed by atoms with E-state index in [0.717, 1.165) is 0 Å². The third kappa shape index (κ3) is 2.80. The summed E-state index contributed by atoms with van der Waals surface area (Å²) in [7, 11) is 0. The van der Waals surface area contributed by atoms with Gasteiger partial charge in [-0.25, -0.2) is 0 Å². The quantitative estimate of drug-likeness (QED) is 0.931. The van der Waals surface area contributed by atoms with E-state index in [4.69, 9.17) is 11.6 Å². The van der Waals surface area contributed by atoms with Gasteiger partial charge in [-0.3, -0.25) is 14.5 Å². The number of nitrogens with zero attached hydrogens (tertiary/aromatic N) is 1. The molecule has 1 aliphatic heterocycles. The number of anilines is 1. The second-order valence-electron chi connectivity index (χ2n) is 5.53. The number of carbonyl (C=O) groups is 2. The van der Waals surface area contributed by atoms with E-state index in [9.17, 15) is 9.59 Å². The molecule has 0 aliphatic carbocycles. The van der Waals surface area contributed by atoms with Crippen molar-refractivity contribution in [1.29, 1.82) is 0 Å². The van der Waals surface area contributed by atoms with Crippen LogP contribution in [0, 0.1) is 5.92 Å². The summed E-state index contributed by atoms with van der Waals surface area (Å²) in [5.74, 6) is 0.0832. The second-order valence-corrected chi connectivity index (χ2v) is 5.93. The van der Waals surface area contributed by atoms with Gasteiger partial charge in [0.05, 0.1) is 10.7 Å². The Morgan fingerprint density at radius 1 is 1.30 bits per heavy atom. The molecule has 1 N–H and O–H groups in total. The Hall–Kier alpha value is -1.55. The average molecular weight is 295 g/mol. The monoisotopic (exact) mass is 294 g/mol. The van der Waals surface area contributed by atoms with Gasteiger partial charge in [0.25, 0.3) is 0 Å². The lowest BCUT2D eigenvalue weighted by atomic mass is 9.98. The van der Waals surface area contributed by atoms with E-state index < -0.39 is 12.1 Å². The molecule has 0 aromatic heterocycles. The lowest BCUT2D eigenvalue weighted by Crippen LogP contribution is -2.63. The average Bonchev–Trinajstić information content (AvgIpc) is 2.38. The minimum atomic E-state index is -0.550. The Morgan fingerprint density at radius 3 is 2.55 bits per heavy atom. The lowest BCUT2D eigenvalue weighted by Gasteiger charge is -2.38. The normalized spacial score (nSPS) is 23.1. The SMILES string of the molecule is CC(C)CC1NC(=O)C(C)N(c2ccccc2Cl)C1=O. The number of benzene rings is 1. The van der Waals surface area contributed by atoms with Crippen molar-refractivity contribution < 1.29 is 9.59 Å². The van der Waals surface area contributed by atoms with E-state index >= 15 is 0 Å². The summed E-state index contributed by atoms with van der Waals surface area (Å²) in [4.78, 5) is 26.2. The first kappa shape index (κ1) is 14.9. The van der Waals surface area contributed by atoms with E-state index in [1.807, 2.05) is 19.9 Å². The molecule has 0 bridgehead atoms. The van der Waals surface area contributed by atoms with Gasteiger partial charge in [-0.05, 0) is 31.4 Å². The molecule has 2 rings (SSSR count). The van der Waals surface area contributed by atoms with Crippen LogP contribution in [-0.2, 0) is 9.59 Å². The molecule has 2 amide bonds. The molecule has 1 fully saturated rings. The molecule has 0 spiro atoms. The molecule has 4 nitrogen and oxygen atoms in total. The molecule has 2 atom stereocenters. The standard InChI is InChI=1S/C15H19ClN2O2/c1-9(2)8-12-15(20)18(10(3)14(19)17-12)13-7-5-4-6-11(13)16/h4-7,9-10,12H,8H2,1-3H3,(H,17,19). The Morgan fingerprint density at radius 2 is 1.95 bits per heavy atom. The summed E-state index contributed by atoms with van der Waals surface area (Å²) in [6.07, 6.45) is 0.623. The third-order valence-corrected chi connectivity index (χ3v) is 3.76. The Kier molecular flexibility index (Phi) is 4.33. The maximum Gasteiger partial charge on any atom is 0.250 e. The van der Waals surface area contributed by atoms with Gasteiger partial charge in [-0.15, -0.1) is 0 Å². The number of rotatable bonds is 3. The fourth-order valence-corrected chi connectivity index (χ4v) is 2.66. The topological polar surface area (TPSA) is 49.4 Å². The Bertz CT molecular complexity index is 530. The van der Waals surface area contributed by atoms with Gasteiger partial charge in [-0.1, -0.05) is 37.6 Å². The van der Waals surface area contributed by atoms with Gasteiger partial charge in [0.1, 0.15) is 12.1 Å². The first-order chi connectivity index (χ1) is 9.41.